The van der Waals surface area contributed by atoms with Crippen molar-refractivity contribution in [2.75, 3.05) is 26.3 Å². The summed E-state index contributed by atoms with van der Waals surface area (Å²) >= 11 is 0. The molecule has 0 aliphatic carbocycles. The Balaban J connectivity index is 0.00000288. The van der Waals surface area contributed by atoms with E-state index in [1.165, 1.54) is 5.56 Å². The fourth-order valence-electron chi connectivity index (χ4n) is 2.33. The summed E-state index contributed by atoms with van der Waals surface area (Å²) in [6, 6.07) is 6.20. The highest BCUT2D eigenvalue weighted by molar-refractivity contribution is 14.0. The van der Waals surface area contributed by atoms with Crippen LogP contribution >= 0.6 is 24.0 Å². The summed E-state index contributed by atoms with van der Waals surface area (Å²) in [6.07, 6.45) is 6.35. The molecule has 5 nitrogen and oxygen atoms in total. The molecule has 1 saturated heterocycles. The second kappa shape index (κ2) is 11.2. The molecule has 2 N–H and O–H groups in total. The van der Waals surface area contributed by atoms with Gasteiger partial charge in [0.1, 0.15) is 11.9 Å². The Kier molecular flexibility index (Phi) is 9.57. The summed E-state index contributed by atoms with van der Waals surface area (Å²) in [5.74, 6) is 4.15. The molecule has 24 heavy (non-hydrogen) atoms. The Labute approximate surface area is 161 Å². The SMILES string of the molecule is C#CCNC(=NCc1ccc(C)cc1OC1CCOC1)NCC.I. The molecule has 6 heteroatoms. The summed E-state index contributed by atoms with van der Waals surface area (Å²) in [5.41, 5.74) is 2.23. The first-order chi connectivity index (χ1) is 11.2. The van der Waals surface area contributed by atoms with Gasteiger partial charge in [-0.15, -0.1) is 30.4 Å². The number of terminal acetylenes is 1. The Hall–Kier alpha value is -1.46. The smallest absolute Gasteiger partial charge is 0.192 e. The molecule has 1 aromatic rings. The first kappa shape index (κ1) is 20.6. The van der Waals surface area contributed by atoms with Crippen LogP contribution in [-0.4, -0.2) is 38.4 Å². The molecule has 0 aromatic heterocycles. The van der Waals surface area contributed by atoms with Gasteiger partial charge in [-0.05, 0) is 25.5 Å². The highest BCUT2D eigenvalue weighted by atomic mass is 127. The number of nitrogens with zero attached hydrogens (tertiary/aromatic N) is 1. The minimum atomic E-state index is 0. The number of hydrogen-bond donors (Lipinski definition) is 2. The van der Waals surface area contributed by atoms with E-state index in [4.69, 9.17) is 15.9 Å². The van der Waals surface area contributed by atoms with Gasteiger partial charge in [0.05, 0.1) is 26.3 Å². The first-order valence-electron chi connectivity index (χ1n) is 8.02. The van der Waals surface area contributed by atoms with Crippen LogP contribution in [-0.2, 0) is 11.3 Å². The van der Waals surface area contributed by atoms with Crippen molar-refractivity contribution in [3.05, 3.63) is 29.3 Å². The molecule has 2 rings (SSSR count). The van der Waals surface area contributed by atoms with E-state index in [1.807, 2.05) is 6.92 Å². The zero-order valence-corrected chi connectivity index (χ0v) is 16.6. The van der Waals surface area contributed by atoms with Crippen molar-refractivity contribution in [2.45, 2.75) is 32.9 Å². The highest BCUT2D eigenvalue weighted by Gasteiger charge is 2.18. The van der Waals surface area contributed by atoms with E-state index in [1.54, 1.807) is 0 Å². The predicted octanol–water partition coefficient (Wildman–Crippen LogP) is 2.47. The van der Waals surface area contributed by atoms with Gasteiger partial charge in [0.25, 0.3) is 0 Å². The molecule has 1 aliphatic heterocycles. The maximum absolute atomic E-state index is 6.09. The summed E-state index contributed by atoms with van der Waals surface area (Å²) < 4.78 is 11.5. The summed E-state index contributed by atoms with van der Waals surface area (Å²) in [4.78, 5) is 4.57. The zero-order valence-electron chi connectivity index (χ0n) is 14.3. The molecule has 0 radical (unpaired) electrons. The van der Waals surface area contributed by atoms with Gasteiger partial charge < -0.3 is 20.1 Å². The van der Waals surface area contributed by atoms with Crippen molar-refractivity contribution >= 4 is 29.9 Å². The molecule has 1 fully saturated rings. The average Bonchev–Trinajstić information content (AvgIpc) is 3.04. The number of guanidine groups is 1. The van der Waals surface area contributed by atoms with E-state index in [2.05, 4.69) is 46.7 Å². The van der Waals surface area contributed by atoms with E-state index < -0.39 is 0 Å². The third kappa shape index (κ3) is 6.57. The van der Waals surface area contributed by atoms with Crippen LogP contribution in [0.25, 0.3) is 0 Å². The number of hydrogen-bond acceptors (Lipinski definition) is 3. The van der Waals surface area contributed by atoms with Crippen LogP contribution in [0.15, 0.2) is 23.2 Å². The molecule has 0 spiro atoms. The van der Waals surface area contributed by atoms with Gasteiger partial charge in [-0.3, -0.25) is 0 Å². The second-order valence-corrected chi connectivity index (χ2v) is 5.47. The number of ether oxygens (including phenoxy) is 2. The van der Waals surface area contributed by atoms with Gasteiger partial charge in [0.15, 0.2) is 5.96 Å². The third-order valence-electron chi connectivity index (χ3n) is 3.51. The second-order valence-electron chi connectivity index (χ2n) is 5.47. The van der Waals surface area contributed by atoms with Crippen LogP contribution in [0.3, 0.4) is 0 Å². The minimum absolute atomic E-state index is 0. The first-order valence-corrected chi connectivity index (χ1v) is 8.02. The fraction of sp³-hybridized carbons (Fsp3) is 0.500. The van der Waals surface area contributed by atoms with Crippen LogP contribution in [0.4, 0.5) is 0 Å². The van der Waals surface area contributed by atoms with Crippen molar-refractivity contribution in [2.24, 2.45) is 4.99 Å². The molecule has 1 unspecified atom stereocenters. The minimum Gasteiger partial charge on any atom is -0.488 e. The summed E-state index contributed by atoms with van der Waals surface area (Å²) in [7, 11) is 0. The van der Waals surface area contributed by atoms with Crippen molar-refractivity contribution < 1.29 is 9.47 Å². The lowest BCUT2D eigenvalue weighted by molar-refractivity contribution is 0.140. The number of aliphatic imine (C=N–C) groups is 1. The standard InChI is InChI=1S/C18H25N3O2.HI/c1-4-9-20-18(19-5-2)21-12-15-7-6-14(3)11-17(15)23-16-8-10-22-13-16;/h1,6-7,11,16H,5,8-10,12-13H2,2-3H3,(H2,19,20,21);1H. The lowest BCUT2D eigenvalue weighted by Gasteiger charge is -2.16. The molecule has 0 amide bonds. The van der Waals surface area contributed by atoms with Gasteiger partial charge in [-0.2, -0.15) is 0 Å². The van der Waals surface area contributed by atoms with Crippen molar-refractivity contribution in [1.82, 2.24) is 10.6 Å². The van der Waals surface area contributed by atoms with Gasteiger partial charge in [0.2, 0.25) is 0 Å². The molecule has 1 aromatic carbocycles. The monoisotopic (exact) mass is 443 g/mol. The number of rotatable bonds is 6. The van der Waals surface area contributed by atoms with Gasteiger partial charge in [-0.1, -0.05) is 18.1 Å². The van der Waals surface area contributed by atoms with Crippen molar-refractivity contribution in [3.8, 4) is 18.1 Å². The third-order valence-corrected chi connectivity index (χ3v) is 3.51. The van der Waals surface area contributed by atoms with Crippen molar-refractivity contribution in [1.29, 1.82) is 0 Å². The quantitative estimate of drug-likeness (QED) is 0.307. The summed E-state index contributed by atoms with van der Waals surface area (Å²) in [6.45, 7) is 7.27. The van der Waals surface area contributed by atoms with E-state index in [0.29, 0.717) is 25.7 Å². The Morgan fingerprint density at radius 2 is 2.29 bits per heavy atom. The lowest BCUT2D eigenvalue weighted by atomic mass is 10.1. The maximum Gasteiger partial charge on any atom is 0.192 e. The number of nitrogens with one attached hydrogen (secondary N) is 2. The number of benzene rings is 1. The van der Waals surface area contributed by atoms with Gasteiger partial charge in [0, 0.05) is 18.5 Å². The van der Waals surface area contributed by atoms with Crippen LogP contribution in [0.2, 0.25) is 0 Å². The molecule has 0 bridgehead atoms. The fourth-order valence-corrected chi connectivity index (χ4v) is 2.33. The topological polar surface area (TPSA) is 54.9 Å². The van der Waals surface area contributed by atoms with E-state index in [-0.39, 0.29) is 30.1 Å². The predicted molar refractivity (Wildman–Crippen MR) is 108 cm³/mol. The molecular formula is C18H26IN3O2. The molecule has 1 atom stereocenters. The van der Waals surface area contributed by atoms with Crippen LogP contribution in [0.1, 0.15) is 24.5 Å². The average molecular weight is 443 g/mol. The lowest BCUT2D eigenvalue weighted by Crippen LogP contribution is -2.37. The van der Waals surface area contributed by atoms with Crippen LogP contribution < -0.4 is 15.4 Å². The van der Waals surface area contributed by atoms with Crippen LogP contribution in [0.5, 0.6) is 5.75 Å². The summed E-state index contributed by atoms with van der Waals surface area (Å²) in [5, 5.41) is 6.26. The van der Waals surface area contributed by atoms with E-state index >= 15 is 0 Å². The Morgan fingerprint density at radius 3 is 2.96 bits per heavy atom. The molecule has 1 aliphatic rings. The van der Waals surface area contributed by atoms with Gasteiger partial charge >= 0.3 is 0 Å². The van der Waals surface area contributed by atoms with Gasteiger partial charge in [-0.25, -0.2) is 4.99 Å². The molecule has 1 heterocycles. The molecular weight excluding hydrogens is 417 g/mol. The number of halogens is 1. The van der Waals surface area contributed by atoms with E-state index in [9.17, 15) is 0 Å². The largest absolute Gasteiger partial charge is 0.488 e. The molecule has 132 valence electrons. The number of aryl methyl sites for hydroxylation is 1. The zero-order chi connectivity index (χ0) is 16.5. The highest BCUT2D eigenvalue weighted by Crippen LogP contribution is 2.24. The molecule has 0 saturated carbocycles. The maximum atomic E-state index is 6.09. The van der Waals surface area contributed by atoms with Crippen LogP contribution in [0, 0.1) is 19.3 Å². The normalized spacial score (nSPS) is 16.9. The Morgan fingerprint density at radius 1 is 1.46 bits per heavy atom. The Bertz CT molecular complexity index is 578. The van der Waals surface area contributed by atoms with Crippen molar-refractivity contribution in [3.63, 3.8) is 0 Å². The van der Waals surface area contributed by atoms with E-state index in [0.717, 1.165) is 30.9 Å².